The molecule has 0 atom stereocenters. The molecule has 0 saturated heterocycles. The van der Waals surface area contributed by atoms with E-state index in [9.17, 15) is 9.59 Å². The number of rotatable bonds is 3. The van der Waals surface area contributed by atoms with Crippen LogP contribution in [0.3, 0.4) is 0 Å². The predicted octanol–water partition coefficient (Wildman–Crippen LogP) is 2.84. The van der Waals surface area contributed by atoms with Crippen molar-refractivity contribution in [3.05, 3.63) is 62.4 Å². The van der Waals surface area contributed by atoms with E-state index >= 15 is 0 Å². The van der Waals surface area contributed by atoms with E-state index in [4.69, 9.17) is 11.6 Å². The topological polar surface area (TPSA) is 44.0 Å². The van der Waals surface area contributed by atoms with Crippen LogP contribution in [0, 0.1) is 5.92 Å². The third-order valence-electron chi connectivity index (χ3n) is 4.10. The van der Waals surface area contributed by atoms with Gasteiger partial charge < -0.3 is 4.57 Å². The highest BCUT2D eigenvalue weighted by atomic mass is 35.5. The minimum atomic E-state index is -0.552. The van der Waals surface area contributed by atoms with Gasteiger partial charge in [-0.3, -0.25) is 14.2 Å². The Morgan fingerprint density at radius 1 is 1.05 bits per heavy atom. The van der Waals surface area contributed by atoms with Crippen molar-refractivity contribution in [2.75, 3.05) is 0 Å². The Kier molecular flexibility index (Phi) is 3.97. The first-order valence-electron chi connectivity index (χ1n) is 7.24. The van der Waals surface area contributed by atoms with E-state index in [1.54, 1.807) is 36.7 Å². The van der Waals surface area contributed by atoms with E-state index in [1.165, 1.54) is 22.0 Å². The minimum Gasteiger partial charge on any atom is -0.309 e. The molecule has 0 amide bonds. The van der Waals surface area contributed by atoms with Crippen molar-refractivity contribution in [2.24, 2.45) is 5.92 Å². The molecule has 110 valence electrons. The molecule has 0 bridgehead atoms. The third-order valence-corrected chi connectivity index (χ3v) is 4.42. The molecule has 0 spiro atoms. The van der Waals surface area contributed by atoms with Crippen LogP contribution in [0.2, 0.25) is 5.02 Å². The van der Waals surface area contributed by atoms with E-state index in [-0.39, 0.29) is 0 Å². The second-order valence-electron chi connectivity index (χ2n) is 5.53. The van der Waals surface area contributed by atoms with Gasteiger partial charge in [-0.2, -0.15) is 0 Å². The molecule has 1 saturated carbocycles. The molecular weight excluding hydrogens is 288 g/mol. The Morgan fingerprint density at radius 2 is 1.76 bits per heavy atom. The van der Waals surface area contributed by atoms with Gasteiger partial charge in [0.1, 0.15) is 0 Å². The van der Waals surface area contributed by atoms with Crippen LogP contribution in [0.5, 0.6) is 0 Å². The lowest BCUT2D eigenvalue weighted by atomic mass is 10.1. The SMILES string of the molecule is O=c1c(=O)n(-c2ccccc2Cl)ccn1CC1CCCC1. The zero-order valence-corrected chi connectivity index (χ0v) is 12.4. The van der Waals surface area contributed by atoms with Gasteiger partial charge in [0.2, 0.25) is 0 Å². The first-order chi connectivity index (χ1) is 10.2. The second kappa shape index (κ2) is 5.90. The maximum Gasteiger partial charge on any atom is 0.321 e. The van der Waals surface area contributed by atoms with Gasteiger partial charge in [0.25, 0.3) is 0 Å². The fraction of sp³-hybridized carbons (Fsp3) is 0.375. The maximum atomic E-state index is 12.3. The Morgan fingerprint density at radius 3 is 2.48 bits per heavy atom. The van der Waals surface area contributed by atoms with Crippen molar-refractivity contribution in [2.45, 2.75) is 32.2 Å². The average molecular weight is 305 g/mol. The highest BCUT2D eigenvalue weighted by Gasteiger charge is 2.17. The molecule has 3 rings (SSSR count). The lowest BCUT2D eigenvalue weighted by Gasteiger charge is -2.13. The first kappa shape index (κ1) is 14.1. The summed E-state index contributed by atoms with van der Waals surface area (Å²) >= 11 is 6.09. The minimum absolute atomic E-state index is 0.451. The fourth-order valence-electron chi connectivity index (χ4n) is 2.96. The molecular formula is C16H17ClN2O2. The number of para-hydroxylation sites is 1. The summed E-state index contributed by atoms with van der Waals surface area (Å²) in [5, 5.41) is 0.451. The van der Waals surface area contributed by atoms with Crippen molar-refractivity contribution in [3.63, 3.8) is 0 Å². The standard InChI is InChI=1S/C16H17ClN2O2/c17-13-7-3-4-8-14(13)19-10-9-18(15(20)16(19)21)11-12-5-1-2-6-12/h3-4,7-10,12H,1-2,5-6,11H2. The van der Waals surface area contributed by atoms with Crippen LogP contribution < -0.4 is 11.1 Å². The lowest BCUT2D eigenvalue weighted by molar-refractivity contribution is 0.445. The van der Waals surface area contributed by atoms with Gasteiger partial charge in [0.05, 0.1) is 10.7 Å². The summed E-state index contributed by atoms with van der Waals surface area (Å²) in [7, 11) is 0. The normalized spacial score (nSPS) is 15.5. The molecule has 0 unspecified atom stereocenters. The summed E-state index contributed by atoms with van der Waals surface area (Å²) in [5.74, 6) is 0.512. The predicted molar refractivity (Wildman–Crippen MR) is 83.3 cm³/mol. The molecule has 5 heteroatoms. The van der Waals surface area contributed by atoms with E-state index in [0.29, 0.717) is 23.2 Å². The van der Waals surface area contributed by atoms with E-state index in [1.807, 2.05) is 0 Å². The summed E-state index contributed by atoms with van der Waals surface area (Å²) in [4.78, 5) is 24.5. The molecule has 1 aromatic carbocycles. The van der Waals surface area contributed by atoms with Crippen molar-refractivity contribution in [3.8, 4) is 5.69 Å². The number of benzene rings is 1. The van der Waals surface area contributed by atoms with Crippen LogP contribution in [0.4, 0.5) is 0 Å². The largest absolute Gasteiger partial charge is 0.321 e. The number of aromatic nitrogens is 2. The van der Waals surface area contributed by atoms with Crippen LogP contribution in [0.1, 0.15) is 25.7 Å². The number of hydrogen-bond acceptors (Lipinski definition) is 2. The van der Waals surface area contributed by atoms with Crippen LogP contribution in [-0.4, -0.2) is 9.13 Å². The van der Waals surface area contributed by atoms with Crippen LogP contribution in [0.15, 0.2) is 46.2 Å². The van der Waals surface area contributed by atoms with Crippen molar-refractivity contribution >= 4 is 11.6 Å². The fourth-order valence-corrected chi connectivity index (χ4v) is 3.19. The highest BCUT2D eigenvalue weighted by Crippen LogP contribution is 2.25. The average Bonchev–Trinajstić information content (AvgIpc) is 2.98. The van der Waals surface area contributed by atoms with Gasteiger partial charge in [0, 0.05) is 18.9 Å². The molecule has 21 heavy (non-hydrogen) atoms. The molecule has 0 radical (unpaired) electrons. The molecule has 4 nitrogen and oxygen atoms in total. The van der Waals surface area contributed by atoms with Crippen LogP contribution >= 0.6 is 11.6 Å². The molecule has 0 N–H and O–H groups in total. The Hall–Kier alpha value is -1.81. The Balaban J connectivity index is 1.99. The second-order valence-corrected chi connectivity index (χ2v) is 5.94. The van der Waals surface area contributed by atoms with E-state index < -0.39 is 11.1 Å². The first-order valence-corrected chi connectivity index (χ1v) is 7.61. The summed E-state index contributed by atoms with van der Waals surface area (Å²) in [6, 6.07) is 7.01. The quantitative estimate of drug-likeness (QED) is 0.818. The summed E-state index contributed by atoms with van der Waals surface area (Å²) in [6.45, 7) is 0.636. The molecule has 1 heterocycles. The zero-order chi connectivity index (χ0) is 14.8. The number of nitrogens with zero attached hydrogens (tertiary/aromatic N) is 2. The van der Waals surface area contributed by atoms with Gasteiger partial charge >= 0.3 is 11.1 Å². The molecule has 1 aliphatic carbocycles. The Bertz CT molecular complexity index is 757. The molecule has 1 aliphatic rings. The van der Waals surface area contributed by atoms with Crippen LogP contribution in [0.25, 0.3) is 5.69 Å². The van der Waals surface area contributed by atoms with Crippen LogP contribution in [-0.2, 0) is 6.54 Å². The zero-order valence-electron chi connectivity index (χ0n) is 11.7. The molecule has 1 aromatic heterocycles. The lowest BCUT2D eigenvalue weighted by Crippen LogP contribution is -2.40. The smallest absolute Gasteiger partial charge is 0.309 e. The number of halogens is 1. The monoisotopic (exact) mass is 304 g/mol. The van der Waals surface area contributed by atoms with Gasteiger partial charge in [-0.25, -0.2) is 0 Å². The summed E-state index contributed by atoms with van der Waals surface area (Å²) in [5.41, 5.74) is -0.498. The molecule has 2 aromatic rings. The van der Waals surface area contributed by atoms with Gasteiger partial charge in [-0.05, 0) is 30.9 Å². The highest BCUT2D eigenvalue weighted by molar-refractivity contribution is 6.32. The Labute approximate surface area is 127 Å². The van der Waals surface area contributed by atoms with Gasteiger partial charge in [0.15, 0.2) is 0 Å². The third kappa shape index (κ3) is 2.81. The van der Waals surface area contributed by atoms with Crippen molar-refractivity contribution < 1.29 is 0 Å². The summed E-state index contributed by atoms with van der Waals surface area (Å²) < 4.78 is 2.85. The molecule has 0 aliphatic heterocycles. The summed E-state index contributed by atoms with van der Waals surface area (Å²) in [6.07, 6.45) is 8.03. The van der Waals surface area contributed by atoms with Gasteiger partial charge in [-0.1, -0.05) is 36.6 Å². The van der Waals surface area contributed by atoms with Crippen molar-refractivity contribution in [1.29, 1.82) is 0 Å². The van der Waals surface area contributed by atoms with Gasteiger partial charge in [-0.15, -0.1) is 0 Å². The van der Waals surface area contributed by atoms with E-state index in [2.05, 4.69) is 0 Å². The number of hydrogen-bond donors (Lipinski definition) is 0. The van der Waals surface area contributed by atoms with E-state index in [0.717, 1.165) is 12.8 Å². The maximum absolute atomic E-state index is 12.3. The van der Waals surface area contributed by atoms with Crippen molar-refractivity contribution in [1.82, 2.24) is 9.13 Å². The molecule has 1 fully saturated rings.